The topological polar surface area (TPSA) is 63.4 Å². The molecule has 21 heavy (non-hydrogen) atoms. The third-order valence-corrected chi connectivity index (χ3v) is 4.11. The second-order valence-corrected chi connectivity index (χ2v) is 5.39. The first kappa shape index (κ1) is 13.8. The second kappa shape index (κ2) is 5.30. The molecule has 2 N–H and O–H groups in total. The highest BCUT2D eigenvalue weighted by Gasteiger charge is 2.45. The standard InChI is InChI=1S/C16H15FN2O2/c17-14-9-13(6-5-10(14)2-1-7-18)19-15(20)11-3-4-12(8-11)16(19)21/h5-6,9,11-12H,3-4,7-8,18H2. The second-order valence-electron chi connectivity index (χ2n) is 5.39. The van der Waals surface area contributed by atoms with Gasteiger partial charge in [0, 0.05) is 11.8 Å². The fourth-order valence-electron chi connectivity index (χ4n) is 3.05. The van der Waals surface area contributed by atoms with Crippen LogP contribution in [-0.4, -0.2) is 18.4 Å². The number of nitrogens with zero attached hydrogens (tertiary/aromatic N) is 1. The number of carbonyl (C=O) groups excluding carboxylic acids is 2. The average molecular weight is 286 g/mol. The summed E-state index contributed by atoms with van der Waals surface area (Å²) in [5.41, 5.74) is 5.75. The van der Waals surface area contributed by atoms with E-state index in [0.717, 1.165) is 17.7 Å². The highest BCUT2D eigenvalue weighted by molar-refractivity contribution is 6.18. The van der Waals surface area contributed by atoms with Crippen LogP contribution in [-0.2, 0) is 9.59 Å². The first-order chi connectivity index (χ1) is 10.1. The summed E-state index contributed by atoms with van der Waals surface area (Å²) in [5.74, 6) is 4.01. The minimum Gasteiger partial charge on any atom is -0.320 e. The van der Waals surface area contributed by atoms with Gasteiger partial charge < -0.3 is 5.73 Å². The molecular formula is C16H15FN2O2. The molecule has 2 amide bonds. The summed E-state index contributed by atoms with van der Waals surface area (Å²) in [6.45, 7) is 0.146. The van der Waals surface area contributed by atoms with E-state index in [-0.39, 0.29) is 41.4 Å². The molecular weight excluding hydrogens is 271 g/mol. The summed E-state index contributed by atoms with van der Waals surface area (Å²) in [6, 6.07) is 4.23. The molecule has 1 aromatic rings. The van der Waals surface area contributed by atoms with Gasteiger partial charge in [-0.25, -0.2) is 9.29 Å². The number of benzene rings is 1. The fourth-order valence-corrected chi connectivity index (χ4v) is 3.05. The lowest BCUT2D eigenvalue weighted by atomic mass is 9.96. The molecule has 1 saturated heterocycles. The van der Waals surface area contributed by atoms with Crippen molar-refractivity contribution in [3.05, 3.63) is 29.6 Å². The molecule has 0 spiro atoms. The summed E-state index contributed by atoms with van der Waals surface area (Å²) in [4.78, 5) is 25.7. The first-order valence-corrected chi connectivity index (χ1v) is 6.98. The molecule has 2 bridgehead atoms. The van der Waals surface area contributed by atoms with Crippen molar-refractivity contribution in [3.8, 4) is 11.8 Å². The maximum absolute atomic E-state index is 14.0. The normalized spacial score (nSPS) is 24.0. The monoisotopic (exact) mass is 286 g/mol. The van der Waals surface area contributed by atoms with E-state index >= 15 is 0 Å². The Bertz CT molecular complexity index is 653. The minimum atomic E-state index is -0.549. The number of hydrogen-bond acceptors (Lipinski definition) is 3. The van der Waals surface area contributed by atoms with Gasteiger partial charge in [0.25, 0.3) is 0 Å². The van der Waals surface area contributed by atoms with Gasteiger partial charge >= 0.3 is 0 Å². The summed E-state index contributed by atoms with van der Waals surface area (Å²) < 4.78 is 14.0. The van der Waals surface area contributed by atoms with Gasteiger partial charge in [-0.2, -0.15) is 0 Å². The lowest BCUT2D eigenvalue weighted by molar-refractivity contribution is -0.132. The van der Waals surface area contributed by atoms with Crippen LogP contribution in [0.1, 0.15) is 24.8 Å². The van der Waals surface area contributed by atoms with Crippen LogP contribution < -0.4 is 10.6 Å². The van der Waals surface area contributed by atoms with Crippen LogP contribution in [0.3, 0.4) is 0 Å². The maximum Gasteiger partial charge on any atom is 0.236 e. The molecule has 1 saturated carbocycles. The lowest BCUT2D eigenvalue weighted by Crippen LogP contribution is -2.46. The molecule has 3 rings (SSSR count). The van der Waals surface area contributed by atoms with E-state index in [4.69, 9.17) is 5.73 Å². The third-order valence-electron chi connectivity index (χ3n) is 4.11. The van der Waals surface area contributed by atoms with Crippen molar-refractivity contribution >= 4 is 17.5 Å². The van der Waals surface area contributed by atoms with Crippen molar-refractivity contribution in [2.75, 3.05) is 11.4 Å². The number of imide groups is 1. The molecule has 0 radical (unpaired) electrons. The lowest BCUT2D eigenvalue weighted by Gasteiger charge is -2.29. The van der Waals surface area contributed by atoms with E-state index < -0.39 is 5.82 Å². The molecule has 2 unspecified atom stereocenters. The van der Waals surface area contributed by atoms with Gasteiger partial charge in [-0.15, -0.1) is 0 Å². The Morgan fingerprint density at radius 1 is 1.24 bits per heavy atom. The number of anilines is 1. The smallest absolute Gasteiger partial charge is 0.236 e. The third kappa shape index (κ3) is 2.32. The number of rotatable bonds is 1. The summed E-state index contributed by atoms with van der Waals surface area (Å²) in [6.07, 6.45) is 2.12. The van der Waals surface area contributed by atoms with E-state index in [0.29, 0.717) is 6.42 Å². The van der Waals surface area contributed by atoms with Gasteiger partial charge in [0.15, 0.2) is 0 Å². The van der Waals surface area contributed by atoms with Crippen molar-refractivity contribution in [2.24, 2.45) is 17.6 Å². The molecule has 1 aliphatic heterocycles. The Hall–Kier alpha value is -2.19. The van der Waals surface area contributed by atoms with Crippen LogP contribution in [0.5, 0.6) is 0 Å². The van der Waals surface area contributed by atoms with E-state index in [9.17, 15) is 14.0 Å². The number of amides is 2. The minimum absolute atomic E-state index is 0.104. The van der Waals surface area contributed by atoms with E-state index in [1.165, 1.54) is 12.1 Å². The number of nitrogens with two attached hydrogens (primary N) is 1. The Balaban J connectivity index is 1.95. The number of carbonyl (C=O) groups is 2. The first-order valence-electron chi connectivity index (χ1n) is 6.98. The van der Waals surface area contributed by atoms with Crippen molar-refractivity contribution in [2.45, 2.75) is 19.3 Å². The van der Waals surface area contributed by atoms with Crippen LogP contribution >= 0.6 is 0 Å². The molecule has 2 atom stereocenters. The van der Waals surface area contributed by atoms with Crippen LogP contribution in [0.15, 0.2) is 18.2 Å². The quantitative estimate of drug-likeness (QED) is 0.627. The summed E-state index contributed by atoms with van der Waals surface area (Å²) >= 11 is 0. The van der Waals surface area contributed by atoms with Gasteiger partial charge in [0.1, 0.15) is 5.82 Å². The molecule has 108 valence electrons. The van der Waals surface area contributed by atoms with Gasteiger partial charge in [-0.05, 0) is 37.5 Å². The van der Waals surface area contributed by atoms with Crippen LogP contribution in [0.25, 0.3) is 0 Å². The molecule has 0 aromatic heterocycles. The van der Waals surface area contributed by atoms with Gasteiger partial charge in [0.05, 0.1) is 17.8 Å². The van der Waals surface area contributed by atoms with Gasteiger partial charge in [-0.1, -0.05) is 11.8 Å². The molecule has 5 heteroatoms. The van der Waals surface area contributed by atoms with Crippen molar-refractivity contribution in [1.82, 2.24) is 0 Å². The Morgan fingerprint density at radius 2 is 1.90 bits per heavy atom. The molecule has 2 fully saturated rings. The zero-order valence-electron chi connectivity index (χ0n) is 11.4. The zero-order valence-corrected chi connectivity index (χ0v) is 11.4. The Kier molecular flexibility index (Phi) is 3.48. The molecule has 2 aliphatic rings. The number of fused-ring (bicyclic) bond motifs is 2. The number of halogens is 1. The largest absolute Gasteiger partial charge is 0.320 e. The van der Waals surface area contributed by atoms with E-state index in [1.54, 1.807) is 6.07 Å². The average Bonchev–Trinajstić information content (AvgIpc) is 2.92. The summed E-state index contributed by atoms with van der Waals surface area (Å²) in [5, 5.41) is 0. The number of hydrogen-bond donors (Lipinski definition) is 1. The number of piperidine rings is 1. The molecule has 1 heterocycles. The summed E-state index contributed by atoms with van der Waals surface area (Å²) in [7, 11) is 0. The molecule has 1 aromatic carbocycles. The van der Waals surface area contributed by atoms with Crippen molar-refractivity contribution < 1.29 is 14.0 Å². The highest BCUT2D eigenvalue weighted by atomic mass is 19.1. The fraction of sp³-hybridized carbons (Fsp3) is 0.375. The maximum atomic E-state index is 14.0. The Labute approximate surface area is 122 Å². The van der Waals surface area contributed by atoms with Gasteiger partial charge in [-0.3, -0.25) is 9.59 Å². The van der Waals surface area contributed by atoms with Crippen molar-refractivity contribution in [1.29, 1.82) is 0 Å². The molecule has 4 nitrogen and oxygen atoms in total. The van der Waals surface area contributed by atoms with Crippen LogP contribution in [0.2, 0.25) is 0 Å². The molecule has 1 aliphatic carbocycles. The van der Waals surface area contributed by atoms with Crippen molar-refractivity contribution in [3.63, 3.8) is 0 Å². The zero-order chi connectivity index (χ0) is 15.0. The van der Waals surface area contributed by atoms with E-state index in [2.05, 4.69) is 11.8 Å². The predicted molar refractivity (Wildman–Crippen MR) is 75.7 cm³/mol. The van der Waals surface area contributed by atoms with Crippen LogP contribution in [0.4, 0.5) is 10.1 Å². The van der Waals surface area contributed by atoms with Crippen LogP contribution in [0, 0.1) is 29.5 Å². The van der Waals surface area contributed by atoms with Gasteiger partial charge in [0.2, 0.25) is 11.8 Å². The Morgan fingerprint density at radius 3 is 2.48 bits per heavy atom. The SMILES string of the molecule is NCC#Cc1ccc(N2C(=O)C3CCC(C3)C2=O)cc1F. The highest BCUT2D eigenvalue weighted by Crippen LogP contribution is 2.40. The predicted octanol–water partition coefficient (Wildman–Crippen LogP) is 1.43. The van der Waals surface area contributed by atoms with E-state index in [1.807, 2.05) is 0 Å².